The quantitative estimate of drug-likeness (QED) is 0.166. The van der Waals surface area contributed by atoms with Crippen molar-refractivity contribution in [2.75, 3.05) is 0 Å². The van der Waals surface area contributed by atoms with Crippen molar-refractivity contribution in [3.8, 4) is 78.4 Å². The van der Waals surface area contributed by atoms with Crippen LogP contribution in [0, 0.1) is 0 Å². The second-order valence-corrected chi connectivity index (χ2v) is 13.8. The second kappa shape index (κ2) is 13.9. The molecule has 0 unspecified atom stereocenters. The van der Waals surface area contributed by atoms with Crippen LogP contribution >= 0.6 is 0 Å². The molecule has 0 spiro atoms. The maximum atomic E-state index is 6.22. The number of nitrogens with zero attached hydrogens (tertiary/aromatic N) is 2. The van der Waals surface area contributed by atoms with Crippen molar-refractivity contribution >= 4 is 21.9 Å². The van der Waals surface area contributed by atoms with Crippen molar-refractivity contribution in [3.63, 3.8) is 0 Å². The Balaban J connectivity index is 1.20. The predicted octanol–water partition coefficient (Wildman–Crippen LogP) is 14.0. The van der Waals surface area contributed by atoms with Crippen LogP contribution in [-0.2, 0) is 0 Å². The largest absolute Gasteiger partial charge is 0.456 e. The van der Waals surface area contributed by atoms with Crippen molar-refractivity contribution in [2.24, 2.45) is 0 Å². The van der Waals surface area contributed by atoms with Crippen molar-refractivity contribution in [3.05, 3.63) is 206 Å². The van der Waals surface area contributed by atoms with Gasteiger partial charge in [-0.1, -0.05) is 158 Å². The number of fused-ring (bicyclic) bond motifs is 3. The molecule has 2 aromatic heterocycles. The lowest BCUT2D eigenvalue weighted by molar-refractivity contribution is 0.669. The number of hydrogen-bond donors (Lipinski definition) is 0. The summed E-state index contributed by atoms with van der Waals surface area (Å²) in [4.78, 5) is 10.5. The SMILES string of the molecule is c1ccc(-c2cccc(-c3cc(-c4cc(-c5ccc6oc7ccccc7c6c5)cc(-c5ccccc5-c5ccccc5)c4)nc(-c4ccccc4)n3)c2)cc1. The standard InChI is InChI=1S/C52H34N2O/c1-4-15-35(16-5-1)38-21-14-22-40(29-38)48-34-49(54-52(53-48)37-19-8-3-9-20-37)43-31-41(39-27-28-51-47(33-39)46-25-12-13-26-50(46)55-51)30-42(32-43)45-24-11-10-23-44(45)36-17-6-2-7-18-36/h1-34H. The maximum Gasteiger partial charge on any atom is 0.160 e. The van der Waals surface area contributed by atoms with E-state index in [2.05, 4.69) is 170 Å². The molecular formula is C52H34N2O. The highest BCUT2D eigenvalue weighted by molar-refractivity contribution is 6.06. The lowest BCUT2D eigenvalue weighted by Gasteiger charge is -2.15. The van der Waals surface area contributed by atoms with E-state index in [1.54, 1.807) is 0 Å². The molecule has 0 bridgehead atoms. The van der Waals surface area contributed by atoms with E-state index in [0.717, 1.165) is 77.8 Å². The van der Waals surface area contributed by atoms with Gasteiger partial charge in [0, 0.05) is 27.5 Å². The molecule has 0 atom stereocenters. The van der Waals surface area contributed by atoms with Crippen LogP contribution in [-0.4, -0.2) is 9.97 Å². The summed E-state index contributed by atoms with van der Waals surface area (Å²) >= 11 is 0. The van der Waals surface area contributed by atoms with Gasteiger partial charge in [0.1, 0.15) is 11.2 Å². The summed E-state index contributed by atoms with van der Waals surface area (Å²) in [6, 6.07) is 72.3. The van der Waals surface area contributed by atoms with Crippen molar-refractivity contribution in [2.45, 2.75) is 0 Å². The van der Waals surface area contributed by atoms with E-state index in [0.29, 0.717) is 5.82 Å². The van der Waals surface area contributed by atoms with Crippen LogP contribution in [0.4, 0.5) is 0 Å². The number of aromatic nitrogens is 2. The third-order valence-corrected chi connectivity index (χ3v) is 10.3. The molecule has 55 heavy (non-hydrogen) atoms. The highest BCUT2D eigenvalue weighted by Crippen LogP contribution is 2.40. The monoisotopic (exact) mass is 702 g/mol. The Morgan fingerprint density at radius 3 is 1.55 bits per heavy atom. The number of benzene rings is 8. The van der Waals surface area contributed by atoms with Gasteiger partial charge >= 0.3 is 0 Å². The Hall–Kier alpha value is -7.36. The van der Waals surface area contributed by atoms with Gasteiger partial charge in [0.05, 0.1) is 11.4 Å². The van der Waals surface area contributed by atoms with Gasteiger partial charge in [-0.2, -0.15) is 0 Å². The molecular weight excluding hydrogens is 669 g/mol. The highest BCUT2D eigenvalue weighted by atomic mass is 16.3. The molecule has 0 aliphatic rings. The molecule has 0 saturated heterocycles. The van der Waals surface area contributed by atoms with Crippen LogP contribution < -0.4 is 0 Å². The van der Waals surface area contributed by atoms with Crippen LogP contribution in [0.3, 0.4) is 0 Å². The van der Waals surface area contributed by atoms with Gasteiger partial charge < -0.3 is 4.42 Å². The Kier molecular flexibility index (Phi) is 8.16. The van der Waals surface area contributed by atoms with Crippen molar-refractivity contribution < 1.29 is 4.42 Å². The molecule has 0 fully saturated rings. The number of rotatable bonds is 7. The summed E-state index contributed by atoms with van der Waals surface area (Å²) in [5.41, 5.74) is 15.6. The molecule has 258 valence electrons. The molecule has 10 aromatic rings. The Morgan fingerprint density at radius 1 is 0.273 bits per heavy atom. The van der Waals surface area contributed by atoms with Gasteiger partial charge in [0.15, 0.2) is 5.82 Å². The first kappa shape index (κ1) is 32.3. The van der Waals surface area contributed by atoms with E-state index >= 15 is 0 Å². The number of hydrogen-bond acceptors (Lipinski definition) is 3. The fraction of sp³-hybridized carbons (Fsp3) is 0. The van der Waals surface area contributed by atoms with Crippen molar-refractivity contribution in [1.82, 2.24) is 9.97 Å². The molecule has 0 amide bonds. The average Bonchev–Trinajstić information content (AvgIpc) is 3.65. The van der Waals surface area contributed by atoms with E-state index in [1.165, 1.54) is 16.7 Å². The minimum Gasteiger partial charge on any atom is -0.456 e. The Labute approximate surface area is 319 Å². The summed E-state index contributed by atoms with van der Waals surface area (Å²) in [7, 11) is 0. The molecule has 8 aromatic carbocycles. The minimum absolute atomic E-state index is 0.682. The first-order chi connectivity index (χ1) is 27.2. The summed E-state index contributed by atoms with van der Waals surface area (Å²) < 4.78 is 6.22. The molecule has 0 aliphatic carbocycles. The van der Waals surface area contributed by atoms with Gasteiger partial charge in [0.2, 0.25) is 0 Å². The van der Waals surface area contributed by atoms with Gasteiger partial charge in [-0.3, -0.25) is 0 Å². The van der Waals surface area contributed by atoms with E-state index in [-0.39, 0.29) is 0 Å². The first-order valence-electron chi connectivity index (χ1n) is 18.6. The third-order valence-electron chi connectivity index (χ3n) is 10.3. The van der Waals surface area contributed by atoms with E-state index in [1.807, 2.05) is 36.4 Å². The molecule has 0 saturated carbocycles. The zero-order valence-electron chi connectivity index (χ0n) is 29.9. The predicted molar refractivity (Wildman–Crippen MR) is 227 cm³/mol. The zero-order chi connectivity index (χ0) is 36.6. The summed E-state index contributed by atoms with van der Waals surface area (Å²) in [6.07, 6.45) is 0. The van der Waals surface area contributed by atoms with Gasteiger partial charge in [-0.15, -0.1) is 0 Å². The summed E-state index contributed by atoms with van der Waals surface area (Å²) in [5.74, 6) is 0.682. The topological polar surface area (TPSA) is 38.9 Å². The van der Waals surface area contributed by atoms with Crippen LogP contribution in [0.2, 0.25) is 0 Å². The zero-order valence-corrected chi connectivity index (χ0v) is 29.9. The molecule has 3 heteroatoms. The van der Waals surface area contributed by atoms with E-state index in [4.69, 9.17) is 14.4 Å². The number of para-hydroxylation sites is 1. The smallest absolute Gasteiger partial charge is 0.160 e. The van der Waals surface area contributed by atoms with Crippen LogP contribution in [0.15, 0.2) is 211 Å². The van der Waals surface area contributed by atoms with E-state index in [9.17, 15) is 0 Å². The fourth-order valence-corrected chi connectivity index (χ4v) is 7.56. The van der Waals surface area contributed by atoms with Gasteiger partial charge in [-0.05, 0) is 93.0 Å². The molecule has 10 rings (SSSR count). The first-order valence-corrected chi connectivity index (χ1v) is 18.6. The molecule has 0 radical (unpaired) electrons. The minimum atomic E-state index is 0.682. The molecule has 3 nitrogen and oxygen atoms in total. The van der Waals surface area contributed by atoms with E-state index < -0.39 is 0 Å². The molecule has 0 aliphatic heterocycles. The van der Waals surface area contributed by atoms with Crippen LogP contribution in [0.5, 0.6) is 0 Å². The third kappa shape index (κ3) is 6.28. The fourth-order valence-electron chi connectivity index (χ4n) is 7.56. The normalized spacial score (nSPS) is 11.3. The average molecular weight is 703 g/mol. The number of furan rings is 1. The Morgan fingerprint density at radius 2 is 0.782 bits per heavy atom. The molecule has 0 N–H and O–H groups in total. The summed E-state index contributed by atoms with van der Waals surface area (Å²) in [6.45, 7) is 0. The maximum absolute atomic E-state index is 6.22. The Bertz CT molecular complexity index is 2970. The highest BCUT2D eigenvalue weighted by Gasteiger charge is 2.17. The summed E-state index contributed by atoms with van der Waals surface area (Å²) in [5, 5.41) is 2.20. The molecule has 2 heterocycles. The second-order valence-electron chi connectivity index (χ2n) is 13.8. The van der Waals surface area contributed by atoms with Gasteiger partial charge in [-0.25, -0.2) is 9.97 Å². The van der Waals surface area contributed by atoms with Crippen LogP contribution in [0.1, 0.15) is 0 Å². The lowest BCUT2D eigenvalue weighted by Crippen LogP contribution is -1.97. The van der Waals surface area contributed by atoms with Crippen LogP contribution in [0.25, 0.3) is 100 Å². The lowest BCUT2D eigenvalue weighted by atomic mass is 9.90. The van der Waals surface area contributed by atoms with Gasteiger partial charge in [0.25, 0.3) is 0 Å². The van der Waals surface area contributed by atoms with Crippen molar-refractivity contribution in [1.29, 1.82) is 0 Å².